The molecule has 0 saturated carbocycles. The maximum absolute atomic E-state index is 13.2. The summed E-state index contributed by atoms with van der Waals surface area (Å²) in [5.74, 6) is 0. The third kappa shape index (κ3) is 2.79. The lowest BCUT2D eigenvalue weighted by atomic mass is 9.79. The van der Waals surface area contributed by atoms with E-state index in [1.807, 2.05) is 27.7 Å². The number of hydrogen-bond donors (Lipinski definition) is 0. The predicted molar refractivity (Wildman–Crippen MR) is 104 cm³/mol. The number of aromatic nitrogens is 2. The molecule has 8 heteroatoms. The lowest BCUT2D eigenvalue weighted by Crippen LogP contribution is -2.41. The molecule has 1 aliphatic heterocycles. The van der Waals surface area contributed by atoms with Crippen LogP contribution in [0.2, 0.25) is 0 Å². The third-order valence-electron chi connectivity index (χ3n) is 5.41. The summed E-state index contributed by atoms with van der Waals surface area (Å²) in [5.41, 5.74) is 0.147. The summed E-state index contributed by atoms with van der Waals surface area (Å²) in [7, 11) is -4.43. The van der Waals surface area contributed by atoms with Crippen molar-refractivity contribution in [2.45, 2.75) is 43.8 Å². The second kappa shape index (κ2) is 5.92. The lowest BCUT2D eigenvalue weighted by Gasteiger charge is -2.32. The Morgan fingerprint density at radius 1 is 1.00 bits per heavy atom. The molecule has 140 valence electrons. The van der Waals surface area contributed by atoms with Gasteiger partial charge in [-0.2, -0.15) is 0 Å². The summed E-state index contributed by atoms with van der Waals surface area (Å²) >= 11 is 0. The van der Waals surface area contributed by atoms with Crippen molar-refractivity contribution < 1.29 is 17.7 Å². The van der Waals surface area contributed by atoms with E-state index in [2.05, 4.69) is 4.98 Å². The molecule has 0 N–H and O–H groups in total. The Morgan fingerprint density at radius 3 is 2.26 bits per heavy atom. The Labute approximate surface area is 159 Å². The smallest absolute Gasteiger partial charge is 0.399 e. The normalized spacial score (nSPS) is 18.9. The highest BCUT2D eigenvalue weighted by atomic mass is 32.2. The van der Waals surface area contributed by atoms with Gasteiger partial charge in [-0.1, -0.05) is 18.2 Å². The Bertz CT molecular complexity index is 1090. The predicted octanol–water partition coefficient (Wildman–Crippen LogP) is 2.57. The summed E-state index contributed by atoms with van der Waals surface area (Å²) in [4.78, 5) is 4.39. The van der Waals surface area contributed by atoms with Crippen LogP contribution in [0.5, 0.6) is 0 Å². The zero-order chi connectivity index (χ0) is 19.4. The first-order chi connectivity index (χ1) is 12.6. The fourth-order valence-electron chi connectivity index (χ4n) is 3.13. The summed E-state index contributed by atoms with van der Waals surface area (Å²) < 4.78 is 39.9. The number of rotatable bonds is 3. The summed E-state index contributed by atoms with van der Waals surface area (Å²) in [5, 5.41) is 0.690. The van der Waals surface area contributed by atoms with Crippen LogP contribution in [0.4, 0.5) is 0 Å². The third-order valence-corrected chi connectivity index (χ3v) is 7.10. The van der Waals surface area contributed by atoms with Crippen LogP contribution in [0.25, 0.3) is 10.9 Å². The van der Waals surface area contributed by atoms with E-state index in [4.69, 9.17) is 9.31 Å². The van der Waals surface area contributed by atoms with E-state index in [1.54, 1.807) is 55.0 Å². The van der Waals surface area contributed by atoms with E-state index in [1.165, 1.54) is 3.97 Å². The Balaban J connectivity index is 1.89. The van der Waals surface area contributed by atoms with Crippen LogP contribution in [-0.2, 0) is 19.3 Å². The Hall–Kier alpha value is -2.16. The second-order valence-electron chi connectivity index (χ2n) is 7.68. The van der Waals surface area contributed by atoms with Crippen LogP contribution in [-0.4, -0.2) is 35.7 Å². The van der Waals surface area contributed by atoms with Crippen LogP contribution in [0.1, 0.15) is 27.7 Å². The van der Waals surface area contributed by atoms with Gasteiger partial charge in [0, 0.05) is 29.4 Å². The molecule has 0 radical (unpaired) electrons. The molecule has 0 aliphatic carbocycles. The molecule has 0 amide bonds. The van der Waals surface area contributed by atoms with Crippen molar-refractivity contribution in [2.24, 2.45) is 0 Å². The molecule has 1 aromatic carbocycles. The minimum Gasteiger partial charge on any atom is -0.399 e. The minimum absolute atomic E-state index is 0.221. The summed E-state index contributed by atoms with van der Waals surface area (Å²) in [6, 6.07) is 10.0. The zero-order valence-electron chi connectivity index (χ0n) is 15.7. The van der Waals surface area contributed by atoms with Gasteiger partial charge in [0.2, 0.25) is 0 Å². The fourth-order valence-corrected chi connectivity index (χ4v) is 4.53. The molecule has 27 heavy (non-hydrogen) atoms. The average Bonchev–Trinajstić information content (AvgIpc) is 3.11. The van der Waals surface area contributed by atoms with Crippen molar-refractivity contribution in [3.63, 3.8) is 0 Å². The molecular weight excluding hydrogens is 363 g/mol. The van der Waals surface area contributed by atoms with Crippen molar-refractivity contribution >= 4 is 33.5 Å². The van der Waals surface area contributed by atoms with Gasteiger partial charge >= 0.3 is 7.12 Å². The SMILES string of the molecule is CC1(C)OB(c2cn(S(=O)(=O)c3ccccc3)c3ccncc23)OC1(C)C. The first-order valence-electron chi connectivity index (χ1n) is 8.75. The standard InChI is InChI=1S/C19H21BN2O4S/c1-18(2)19(3,4)26-20(25-18)16-13-22(17-10-11-21-12-15(16)17)27(23,24)14-8-6-5-7-9-14/h5-13H,1-4H3. The summed E-state index contributed by atoms with van der Waals surface area (Å²) in [6.07, 6.45) is 4.80. The first-order valence-corrected chi connectivity index (χ1v) is 10.2. The van der Waals surface area contributed by atoms with Gasteiger partial charge in [-0.15, -0.1) is 0 Å². The van der Waals surface area contributed by atoms with Gasteiger partial charge in [-0.3, -0.25) is 4.98 Å². The lowest BCUT2D eigenvalue weighted by molar-refractivity contribution is 0.00578. The Morgan fingerprint density at radius 2 is 1.63 bits per heavy atom. The highest BCUT2D eigenvalue weighted by molar-refractivity contribution is 7.90. The molecule has 3 aromatic rings. The molecule has 4 rings (SSSR count). The fraction of sp³-hybridized carbons (Fsp3) is 0.316. The maximum atomic E-state index is 13.2. The van der Waals surface area contributed by atoms with Gasteiger partial charge in [0.1, 0.15) is 0 Å². The molecule has 0 atom stereocenters. The number of pyridine rings is 1. The van der Waals surface area contributed by atoms with Crippen LogP contribution in [0.15, 0.2) is 59.9 Å². The second-order valence-corrected chi connectivity index (χ2v) is 9.49. The van der Waals surface area contributed by atoms with Crippen molar-refractivity contribution in [2.75, 3.05) is 0 Å². The van der Waals surface area contributed by atoms with Crippen molar-refractivity contribution in [1.82, 2.24) is 8.96 Å². The van der Waals surface area contributed by atoms with E-state index >= 15 is 0 Å². The van der Waals surface area contributed by atoms with Gasteiger partial charge in [-0.05, 0) is 45.9 Å². The van der Waals surface area contributed by atoms with E-state index in [0.717, 1.165) is 0 Å². The molecular formula is C19H21BN2O4S. The van der Waals surface area contributed by atoms with Crippen LogP contribution in [0.3, 0.4) is 0 Å². The number of nitrogens with zero attached hydrogens (tertiary/aromatic N) is 2. The van der Waals surface area contributed by atoms with E-state index in [-0.39, 0.29) is 4.90 Å². The molecule has 1 aliphatic rings. The summed E-state index contributed by atoms with van der Waals surface area (Å²) in [6.45, 7) is 7.85. The van der Waals surface area contributed by atoms with E-state index in [9.17, 15) is 8.42 Å². The molecule has 6 nitrogen and oxygen atoms in total. The zero-order valence-corrected chi connectivity index (χ0v) is 16.5. The van der Waals surface area contributed by atoms with Gasteiger partial charge in [0.05, 0.1) is 21.6 Å². The highest BCUT2D eigenvalue weighted by Gasteiger charge is 2.52. The molecule has 0 bridgehead atoms. The topological polar surface area (TPSA) is 70.4 Å². The maximum Gasteiger partial charge on any atom is 0.497 e. The molecule has 1 saturated heterocycles. The van der Waals surface area contributed by atoms with E-state index in [0.29, 0.717) is 16.4 Å². The highest BCUT2D eigenvalue weighted by Crippen LogP contribution is 2.37. The molecule has 0 unspecified atom stereocenters. The number of hydrogen-bond acceptors (Lipinski definition) is 5. The van der Waals surface area contributed by atoms with Crippen molar-refractivity contribution in [3.05, 3.63) is 55.0 Å². The van der Waals surface area contributed by atoms with Crippen LogP contribution < -0.4 is 5.46 Å². The molecule has 1 fully saturated rings. The van der Waals surface area contributed by atoms with Gasteiger partial charge in [0.15, 0.2) is 0 Å². The monoisotopic (exact) mass is 384 g/mol. The van der Waals surface area contributed by atoms with E-state index < -0.39 is 28.3 Å². The van der Waals surface area contributed by atoms with Gasteiger partial charge < -0.3 is 9.31 Å². The molecule has 2 aromatic heterocycles. The van der Waals surface area contributed by atoms with Crippen molar-refractivity contribution in [3.8, 4) is 0 Å². The number of benzene rings is 1. The molecule has 3 heterocycles. The molecule has 0 spiro atoms. The Kier molecular flexibility index (Phi) is 4.00. The van der Waals surface area contributed by atoms with Gasteiger partial charge in [0.25, 0.3) is 10.0 Å². The minimum atomic E-state index is -3.75. The number of fused-ring (bicyclic) bond motifs is 1. The van der Waals surface area contributed by atoms with Crippen LogP contribution >= 0.6 is 0 Å². The average molecular weight is 384 g/mol. The van der Waals surface area contributed by atoms with Crippen molar-refractivity contribution in [1.29, 1.82) is 0 Å². The van der Waals surface area contributed by atoms with Gasteiger partial charge in [-0.25, -0.2) is 12.4 Å². The quantitative estimate of drug-likeness (QED) is 0.650. The first kappa shape index (κ1) is 18.2. The largest absolute Gasteiger partial charge is 0.497 e. The van der Waals surface area contributed by atoms with Crippen LogP contribution in [0, 0.1) is 0 Å².